The monoisotopic (exact) mass is 386 g/mol. The summed E-state index contributed by atoms with van der Waals surface area (Å²) in [5, 5.41) is 4.88. The second kappa shape index (κ2) is 11.4. The smallest absolute Gasteiger partial charge is 0.271 e. The van der Waals surface area contributed by atoms with Crippen molar-refractivity contribution < 1.29 is 9.53 Å². The van der Waals surface area contributed by atoms with Crippen LogP contribution in [0.15, 0.2) is 53.6 Å². The molecule has 2 aromatic rings. The molecule has 0 atom stereocenters. The average molecular weight is 387 g/mol. The second-order valence-corrected chi connectivity index (χ2v) is 6.97. The van der Waals surface area contributed by atoms with Gasteiger partial charge in [0.25, 0.3) is 5.91 Å². The Morgan fingerprint density at radius 3 is 2.41 bits per heavy atom. The van der Waals surface area contributed by atoms with E-state index in [-0.39, 0.29) is 5.91 Å². The van der Waals surface area contributed by atoms with Crippen molar-refractivity contribution in [1.82, 2.24) is 5.43 Å². The maximum Gasteiger partial charge on any atom is 0.271 e. The molecule has 2 rings (SSSR count). The van der Waals surface area contributed by atoms with Crippen LogP contribution in [0.25, 0.3) is 0 Å². The number of benzene rings is 2. The van der Waals surface area contributed by atoms with Crippen LogP contribution in [-0.2, 0) is 6.61 Å². The van der Waals surface area contributed by atoms with Gasteiger partial charge in [0, 0.05) is 16.3 Å². The predicted octanol–water partition coefficient (Wildman–Crippen LogP) is 6.00. The predicted molar refractivity (Wildman–Crippen MR) is 112 cm³/mol. The minimum absolute atomic E-state index is 0.216. The summed E-state index contributed by atoms with van der Waals surface area (Å²) in [5.74, 6) is 0.490. The van der Waals surface area contributed by atoms with Crippen LogP contribution in [-0.4, -0.2) is 11.6 Å². The molecule has 0 aliphatic rings. The first-order valence-electron chi connectivity index (χ1n) is 9.39. The SMILES string of the molecule is CCCCCCC(C)=NNC(=O)c1ccc(OCc2ccc(Cl)cc2)cc1. The number of unbranched alkanes of at least 4 members (excludes halogenated alkanes) is 3. The molecule has 0 heterocycles. The van der Waals surface area contributed by atoms with Crippen molar-refractivity contribution in [3.8, 4) is 5.75 Å². The third kappa shape index (κ3) is 7.83. The first-order valence-corrected chi connectivity index (χ1v) is 9.77. The van der Waals surface area contributed by atoms with Gasteiger partial charge in [-0.15, -0.1) is 0 Å². The lowest BCUT2D eigenvalue weighted by Gasteiger charge is -2.07. The Hall–Kier alpha value is -2.33. The lowest BCUT2D eigenvalue weighted by atomic mass is 10.1. The number of rotatable bonds is 10. The van der Waals surface area contributed by atoms with Gasteiger partial charge in [-0.1, -0.05) is 49.9 Å². The number of hydrazone groups is 1. The highest BCUT2D eigenvalue weighted by Crippen LogP contribution is 2.16. The summed E-state index contributed by atoms with van der Waals surface area (Å²) in [7, 11) is 0. The van der Waals surface area contributed by atoms with Gasteiger partial charge >= 0.3 is 0 Å². The zero-order valence-corrected chi connectivity index (χ0v) is 16.8. The molecule has 0 saturated heterocycles. The van der Waals surface area contributed by atoms with E-state index in [0.717, 1.165) is 24.1 Å². The molecule has 0 aliphatic carbocycles. The van der Waals surface area contributed by atoms with E-state index >= 15 is 0 Å². The molecule has 1 amide bonds. The molecule has 0 saturated carbocycles. The number of carbonyl (C=O) groups is 1. The molecule has 144 valence electrons. The summed E-state index contributed by atoms with van der Waals surface area (Å²) < 4.78 is 5.73. The minimum Gasteiger partial charge on any atom is -0.489 e. The summed E-state index contributed by atoms with van der Waals surface area (Å²) in [6, 6.07) is 14.6. The quantitative estimate of drug-likeness (QED) is 0.309. The lowest BCUT2D eigenvalue weighted by Crippen LogP contribution is -2.19. The number of halogens is 1. The lowest BCUT2D eigenvalue weighted by molar-refractivity contribution is 0.0954. The molecule has 0 aromatic heterocycles. The van der Waals surface area contributed by atoms with Gasteiger partial charge in [0.05, 0.1) is 0 Å². The molecule has 4 nitrogen and oxygen atoms in total. The van der Waals surface area contributed by atoms with Crippen LogP contribution in [0, 0.1) is 0 Å². The van der Waals surface area contributed by atoms with Gasteiger partial charge in [0.1, 0.15) is 12.4 Å². The van der Waals surface area contributed by atoms with Crippen LogP contribution >= 0.6 is 11.6 Å². The fourth-order valence-corrected chi connectivity index (χ4v) is 2.65. The van der Waals surface area contributed by atoms with E-state index in [1.165, 1.54) is 19.3 Å². The van der Waals surface area contributed by atoms with Gasteiger partial charge in [-0.3, -0.25) is 4.79 Å². The highest BCUT2D eigenvalue weighted by molar-refractivity contribution is 6.30. The van der Waals surface area contributed by atoms with Crippen molar-refractivity contribution in [2.75, 3.05) is 0 Å². The first kappa shape index (κ1) is 21.0. The Kier molecular flexibility index (Phi) is 8.85. The number of nitrogens with zero attached hydrogens (tertiary/aromatic N) is 1. The average Bonchev–Trinajstić information content (AvgIpc) is 2.69. The summed E-state index contributed by atoms with van der Waals surface area (Å²) in [6.07, 6.45) is 5.68. The third-order valence-corrected chi connectivity index (χ3v) is 4.43. The van der Waals surface area contributed by atoms with Crippen molar-refractivity contribution in [3.05, 3.63) is 64.7 Å². The van der Waals surface area contributed by atoms with Crippen LogP contribution in [0.4, 0.5) is 0 Å². The Bertz CT molecular complexity index is 740. The van der Waals surface area contributed by atoms with E-state index in [1.807, 2.05) is 31.2 Å². The second-order valence-electron chi connectivity index (χ2n) is 6.54. The van der Waals surface area contributed by atoms with Crippen LogP contribution in [0.1, 0.15) is 61.9 Å². The maximum absolute atomic E-state index is 12.2. The summed E-state index contributed by atoms with van der Waals surface area (Å²) in [4.78, 5) is 12.2. The topological polar surface area (TPSA) is 50.7 Å². The zero-order chi connectivity index (χ0) is 19.5. The van der Waals surface area contributed by atoms with Gasteiger partial charge < -0.3 is 4.74 Å². The molecule has 0 bridgehead atoms. The van der Waals surface area contributed by atoms with E-state index in [0.29, 0.717) is 22.9 Å². The maximum atomic E-state index is 12.2. The molecule has 0 radical (unpaired) electrons. The standard InChI is InChI=1S/C22H27ClN2O2/c1-3-4-5-6-7-17(2)24-25-22(26)19-10-14-21(15-11-19)27-16-18-8-12-20(23)13-9-18/h8-15H,3-7,16H2,1-2H3,(H,25,26). The third-order valence-electron chi connectivity index (χ3n) is 4.18. The van der Waals surface area contributed by atoms with E-state index in [4.69, 9.17) is 16.3 Å². The normalized spacial score (nSPS) is 11.3. The van der Waals surface area contributed by atoms with E-state index in [1.54, 1.807) is 24.3 Å². The molecule has 5 heteroatoms. The van der Waals surface area contributed by atoms with Crippen LogP contribution < -0.4 is 10.2 Å². The number of amides is 1. The van der Waals surface area contributed by atoms with E-state index < -0.39 is 0 Å². The number of hydrogen-bond donors (Lipinski definition) is 1. The molecular formula is C22H27ClN2O2. The Balaban J connectivity index is 1.79. The van der Waals surface area contributed by atoms with Crippen molar-refractivity contribution in [2.45, 2.75) is 52.6 Å². The van der Waals surface area contributed by atoms with Crippen LogP contribution in [0.3, 0.4) is 0 Å². The highest BCUT2D eigenvalue weighted by atomic mass is 35.5. The molecule has 1 N–H and O–H groups in total. The van der Waals surface area contributed by atoms with Crippen LogP contribution in [0.5, 0.6) is 5.75 Å². The highest BCUT2D eigenvalue weighted by Gasteiger charge is 2.05. The molecule has 0 spiro atoms. The molecule has 0 unspecified atom stereocenters. The molecule has 0 aliphatic heterocycles. The fourth-order valence-electron chi connectivity index (χ4n) is 2.52. The van der Waals surface area contributed by atoms with Crippen molar-refractivity contribution in [3.63, 3.8) is 0 Å². The van der Waals surface area contributed by atoms with Gasteiger partial charge in [0.2, 0.25) is 0 Å². The van der Waals surface area contributed by atoms with Crippen LogP contribution in [0.2, 0.25) is 5.02 Å². The van der Waals surface area contributed by atoms with E-state index in [9.17, 15) is 4.79 Å². The number of nitrogens with one attached hydrogen (secondary N) is 1. The Morgan fingerprint density at radius 2 is 1.74 bits per heavy atom. The Labute approximate surface area is 166 Å². The summed E-state index contributed by atoms with van der Waals surface area (Å²) in [6.45, 7) is 4.58. The summed E-state index contributed by atoms with van der Waals surface area (Å²) >= 11 is 5.87. The van der Waals surface area contributed by atoms with Gasteiger partial charge in [-0.05, 0) is 61.7 Å². The number of carbonyl (C=O) groups excluding carboxylic acids is 1. The molecule has 27 heavy (non-hydrogen) atoms. The van der Waals surface area contributed by atoms with Gasteiger partial charge in [-0.2, -0.15) is 5.10 Å². The summed E-state index contributed by atoms with van der Waals surface area (Å²) in [5.41, 5.74) is 5.15. The molecule has 2 aromatic carbocycles. The number of hydrogen-bond acceptors (Lipinski definition) is 3. The van der Waals surface area contributed by atoms with Gasteiger partial charge in [0.15, 0.2) is 0 Å². The van der Waals surface area contributed by atoms with Crippen molar-refractivity contribution in [2.24, 2.45) is 5.10 Å². The molecular weight excluding hydrogens is 360 g/mol. The minimum atomic E-state index is -0.216. The van der Waals surface area contributed by atoms with Crippen molar-refractivity contribution in [1.29, 1.82) is 0 Å². The van der Waals surface area contributed by atoms with Crippen molar-refractivity contribution >= 4 is 23.2 Å². The van der Waals surface area contributed by atoms with Gasteiger partial charge in [-0.25, -0.2) is 5.43 Å². The fraction of sp³-hybridized carbons (Fsp3) is 0.364. The first-order chi connectivity index (χ1) is 13.1. The number of ether oxygens (including phenoxy) is 1. The zero-order valence-electron chi connectivity index (χ0n) is 16.0. The Morgan fingerprint density at radius 1 is 1.04 bits per heavy atom. The molecule has 0 fully saturated rings. The van der Waals surface area contributed by atoms with E-state index in [2.05, 4.69) is 17.5 Å². The largest absolute Gasteiger partial charge is 0.489 e.